The lowest BCUT2D eigenvalue weighted by Gasteiger charge is -2.02. The molecule has 0 aliphatic carbocycles. The summed E-state index contributed by atoms with van der Waals surface area (Å²) >= 11 is 1.15. The molecule has 0 radical (unpaired) electrons. The second-order valence-electron chi connectivity index (χ2n) is 3.64. The summed E-state index contributed by atoms with van der Waals surface area (Å²) < 4.78 is 9.41. The number of carbonyl (C=O) groups is 1. The van der Waals surface area contributed by atoms with Gasteiger partial charge in [-0.15, -0.1) is 0 Å². The topological polar surface area (TPSA) is 75.4 Å². The Hall–Kier alpha value is -1.82. The maximum absolute atomic E-state index is 11.0. The van der Waals surface area contributed by atoms with Crippen molar-refractivity contribution in [2.75, 3.05) is 5.32 Å². The van der Waals surface area contributed by atoms with E-state index >= 15 is 0 Å². The minimum atomic E-state index is -0.964. The lowest BCUT2D eigenvalue weighted by molar-refractivity contribution is 0.0697. The molecule has 2 rings (SSSR count). The van der Waals surface area contributed by atoms with Gasteiger partial charge in [0.05, 0.1) is 12.2 Å². The molecule has 6 heteroatoms. The van der Waals surface area contributed by atoms with Gasteiger partial charge >= 0.3 is 5.97 Å². The van der Waals surface area contributed by atoms with E-state index in [-0.39, 0.29) is 5.56 Å². The Morgan fingerprint density at radius 3 is 2.88 bits per heavy atom. The number of aromatic carboxylic acids is 1. The van der Waals surface area contributed by atoms with Crippen LogP contribution >= 0.6 is 11.5 Å². The lowest BCUT2D eigenvalue weighted by atomic mass is 10.2. The molecule has 2 N–H and O–H groups in total. The average molecular weight is 252 g/mol. The van der Waals surface area contributed by atoms with Gasteiger partial charge in [0.15, 0.2) is 0 Å². The van der Waals surface area contributed by atoms with Crippen molar-refractivity contribution >= 4 is 22.5 Å². The minimum Gasteiger partial charge on any atom is -0.478 e. The predicted octanol–water partition coefficient (Wildman–Crippen LogP) is 2.66. The largest absolute Gasteiger partial charge is 0.478 e. The molecular formula is C11H12N2O3S. The second kappa shape index (κ2) is 4.58. The number of furan rings is 1. The number of nitrogens with one attached hydrogen (secondary N) is 1. The van der Waals surface area contributed by atoms with Crippen LogP contribution in [0.4, 0.5) is 5.00 Å². The normalized spacial score (nSPS) is 10.5. The first kappa shape index (κ1) is 11.7. The number of carboxylic acid groups (broad SMARTS) is 1. The number of anilines is 1. The first-order valence-corrected chi connectivity index (χ1v) is 5.84. The van der Waals surface area contributed by atoms with Gasteiger partial charge in [-0.25, -0.2) is 4.79 Å². The van der Waals surface area contributed by atoms with E-state index in [4.69, 9.17) is 9.52 Å². The highest BCUT2D eigenvalue weighted by molar-refractivity contribution is 7.10. The smallest absolute Gasteiger partial charge is 0.340 e. The summed E-state index contributed by atoms with van der Waals surface area (Å²) in [5.74, 6) is 0.639. The zero-order valence-corrected chi connectivity index (χ0v) is 10.3. The highest BCUT2D eigenvalue weighted by atomic mass is 32.1. The third-order valence-electron chi connectivity index (χ3n) is 2.30. The molecule has 2 aromatic heterocycles. The molecule has 0 atom stereocenters. The Kier molecular flexibility index (Phi) is 3.14. The van der Waals surface area contributed by atoms with Crippen LogP contribution in [0.25, 0.3) is 0 Å². The number of aryl methyl sites for hydroxylation is 2. The minimum absolute atomic E-state index is 0.235. The van der Waals surface area contributed by atoms with Gasteiger partial charge in [-0.3, -0.25) is 0 Å². The van der Waals surface area contributed by atoms with E-state index in [0.717, 1.165) is 23.1 Å². The van der Waals surface area contributed by atoms with Gasteiger partial charge in [0.2, 0.25) is 0 Å². The summed E-state index contributed by atoms with van der Waals surface area (Å²) in [6.07, 6.45) is 0. The van der Waals surface area contributed by atoms with Crippen LogP contribution in [0.15, 0.2) is 16.5 Å². The van der Waals surface area contributed by atoms with Crippen molar-refractivity contribution in [1.82, 2.24) is 4.37 Å². The number of hydrogen-bond donors (Lipinski definition) is 2. The van der Waals surface area contributed by atoms with Gasteiger partial charge in [0, 0.05) is 0 Å². The molecule has 17 heavy (non-hydrogen) atoms. The molecule has 2 heterocycles. The van der Waals surface area contributed by atoms with Gasteiger partial charge in [-0.1, -0.05) is 0 Å². The molecular weight excluding hydrogens is 240 g/mol. The number of carboxylic acids is 1. The van der Waals surface area contributed by atoms with E-state index < -0.39 is 5.97 Å². The van der Waals surface area contributed by atoms with Crippen molar-refractivity contribution in [2.24, 2.45) is 0 Å². The first-order valence-electron chi connectivity index (χ1n) is 5.06. The van der Waals surface area contributed by atoms with E-state index in [0.29, 0.717) is 17.2 Å². The summed E-state index contributed by atoms with van der Waals surface area (Å²) in [6, 6.07) is 3.73. The third-order valence-corrected chi connectivity index (χ3v) is 3.19. The SMILES string of the molecule is Cc1ccc(CNc2snc(C)c2C(=O)O)o1. The fraction of sp³-hybridized carbons (Fsp3) is 0.273. The Labute approximate surface area is 102 Å². The van der Waals surface area contributed by atoms with Gasteiger partial charge in [0.25, 0.3) is 0 Å². The zero-order chi connectivity index (χ0) is 12.4. The van der Waals surface area contributed by atoms with Crippen LogP contribution in [0.2, 0.25) is 0 Å². The second-order valence-corrected chi connectivity index (χ2v) is 4.42. The average Bonchev–Trinajstić information content (AvgIpc) is 2.82. The van der Waals surface area contributed by atoms with E-state index in [1.165, 1.54) is 0 Å². The van der Waals surface area contributed by atoms with Gasteiger partial charge in [-0.2, -0.15) is 4.37 Å². The fourth-order valence-corrected chi connectivity index (χ4v) is 2.27. The van der Waals surface area contributed by atoms with Gasteiger partial charge in [0.1, 0.15) is 22.1 Å². The number of nitrogens with zero attached hydrogens (tertiary/aromatic N) is 1. The molecule has 0 aliphatic heterocycles. The number of aromatic nitrogens is 1. The van der Waals surface area contributed by atoms with Crippen LogP contribution in [0.1, 0.15) is 27.6 Å². The number of hydrogen-bond acceptors (Lipinski definition) is 5. The van der Waals surface area contributed by atoms with Crippen molar-refractivity contribution < 1.29 is 14.3 Å². The zero-order valence-electron chi connectivity index (χ0n) is 9.48. The van der Waals surface area contributed by atoms with Crippen molar-refractivity contribution in [3.8, 4) is 0 Å². The van der Waals surface area contributed by atoms with Crippen molar-refractivity contribution in [3.63, 3.8) is 0 Å². The highest BCUT2D eigenvalue weighted by Crippen LogP contribution is 2.25. The van der Waals surface area contributed by atoms with Gasteiger partial charge in [-0.05, 0) is 37.5 Å². The summed E-state index contributed by atoms with van der Waals surface area (Å²) in [6.45, 7) is 4.00. The molecule has 0 amide bonds. The molecule has 2 aromatic rings. The van der Waals surface area contributed by atoms with Crippen LogP contribution in [0, 0.1) is 13.8 Å². The summed E-state index contributed by atoms with van der Waals surface area (Å²) in [5, 5.41) is 12.6. The predicted molar refractivity (Wildman–Crippen MR) is 64.6 cm³/mol. The quantitative estimate of drug-likeness (QED) is 0.875. The first-order chi connectivity index (χ1) is 8.08. The van der Waals surface area contributed by atoms with Crippen LogP contribution in [0.5, 0.6) is 0 Å². The monoisotopic (exact) mass is 252 g/mol. The van der Waals surface area contributed by atoms with Crippen LogP contribution in [0.3, 0.4) is 0 Å². The fourth-order valence-electron chi connectivity index (χ4n) is 1.49. The summed E-state index contributed by atoms with van der Waals surface area (Å²) in [7, 11) is 0. The molecule has 0 bridgehead atoms. The Balaban J connectivity index is 2.11. The van der Waals surface area contributed by atoms with Crippen molar-refractivity contribution in [2.45, 2.75) is 20.4 Å². The summed E-state index contributed by atoms with van der Waals surface area (Å²) in [5.41, 5.74) is 0.763. The lowest BCUT2D eigenvalue weighted by Crippen LogP contribution is -2.04. The Morgan fingerprint density at radius 2 is 2.29 bits per heavy atom. The molecule has 0 aromatic carbocycles. The summed E-state index contributed by atoms with van der Waals surface area (Å²) in [4.78, 5) is 11.0. The van der Waals surface area contributed by atoms with Crippen molar-refractivity contribution in [1.29, 1.82) is 0 Å². The molecule has 5 nitrogen and oxygen atoms in total. The maximum atomic E-state index is 11.0. The molecule has 0 unspecified atom stereocenters. The van der Waals surface area contributed by atoms with Crippen LogP contribution in [-0.2, 0) is 6.54 Å². The van der Waals surface area contributed by atoms with E-state index in [1.54, 1.807) is 6.92 Å². The third kappa shape index (κ3) is 2.47. The Morgan fingerprint density at radius 1 is 1.53 bits per heavy atom. The maximum Gasteiger partial charge on any atom is 0.340 e. The molecule has 0 spiro atoms. The molecule has 0 saturated carbocycles. The number of rotatable bonds is 4. The molecule has 0 saturated heterocycles. The van der Waals surface area contributed by atoms with E-state index in [1.807, 2.05) is 19.1 Å². The van der Waals surface area contributed by atoms with Crippen molar-refractivity contribution in [3.05, 3.63) is 34.9 Å². The highest BCUT2D eigenvalue weighted by Gasteiger charge is 2.17. The van der Waals surface area contributed by atoms with Crippen LogP contribution in [-0.4, -0.2) is 15.4 Å². The molecule has 90 valence electrons. The van der Waals surface area contributed by atoms with Gasteiger partial charge < -0.3 is 14.8 Å². The molecule has 0 aliphatic rings. The standard InChI is InChI=1S/C11H12N2O3S/c1-6-3-4-8(16-6)5-12-10-9(11(14)15)7(2)13-17-10/h3-4,12H,5H2,1-2H3,(H,14,15). The Bertz CT molecular complexity index is 545. The van der Waals surface area contributed by atoms with E-state index in [9.17, 15) is 4.79 Å². The molecule has 0 fully saturated rings. The van der Waals surface area contributed by atoms with Crippen LogP contribution < -0.4 is 5.32 Å². The van der Waals surface area contributed by atoms with E-state index in [2.05, 4.69) is 9.69 Å².